The molecule has 1 aromatic heterocycles. The summed E-state index contributed by atoms with van der Waals surface area (Å²) in [5.74, 6) is -3.66. The molecule has 3 aromatic rings. The molecule has 0 unspecified atom stereocenters. The van der Waals surface area contributed by atoms with Crippen molar-refractivity contribution in [2.75, 3.05) is 18.1 Å². The minimum absolute atomic E-state index is 0.0349. The third-order valence-electron chi connectivity index (χ3n) is 5.06. The number of halogens is 2. The van der Waals surface area contributed by atoms with E-state index in [9.17, 15) is 23.6 Å². The van der Waals surface area contributed by atoms with Gasteiger partial charge in [0.05, 0.1) is 21.2 Å². The quantitative estimate of drug-likeness (QED) is 0.257. The summed E-state index contributed by atoms with van der Waals surface area (Å²) in [7, 11) is 0. The Balaban J connectivity index is 1.51. The number of primary amides is 1. The molecule has 190 valence electrons. The SMILES string of the molecule is NC(=O)N1C(=O)C(=C(OC(=O)COCC(=O)OCc2ccccc2)c2cccs2)c2cc(F)c(Cl)cc21. The fourth-order valence-corrected chi connectivity index (χ4v) is 4.34. The molecule has 0 aliphatic carbocycles. The molecule has 0 spiro atoms. The van der Waals surface area contributed by atoms with Gasteiger partial charge < -0.3 is 19.9 Å². The van der Waals surface area contributed by atoms with E-state index in [0.29, 0.717) is 9.78 Å². The van der Waals surface area contributed by atoms with E-state index in [-0.39, 0.29) is 34.2 Å². The van der Waals surface area contributed by atoms with E-state index in [1.165, 1.54) is 0 Å². The number of urea groups is 1. The van der Waals surface area contributed by atoms with Crippen molar-refractivity contribution in [3.8, 4) is 0 Å². The smallest absolute Gasteiger partial charge is 0.337 e. The summed E-state index contributed by atoms with van der Waals surface area (Å²) in [6.07, 6.45) is 0. The number of benzene rings is 2. The van der Waals surface area contributed by atoms with Crippen LogP contribution >= 0.6 is 22.9 Å². The van der Waals surface area contributed by atoms with E-state index in [1.807, 2.05) is 6.07 Å². The number of rotatable bonds is 8. The van der Waals surface area contributed by atoms with Gasteiger partial charge in [0.1, 0.15) is 25.6 Å². The van der Waals surface area contributed by atoms with Gasteiger partial charge in [-0.1, -0.05) is 48.0 Å². The Morgan fingerprint density at radius 3 is 2.43 bits per heavy atom. The van der Waals surface area contributed by atoms with Crippen molar-refractivity contribution in [1.82, 2.24) is 0 Å². The van der Waals surface area contributed by atoms with Crippen molar-refractivity contribution in [3.05, 3.63) is 86.8 Å². The third-order valence-corrected chi connectivity index (χ3v) is 6.21. The fourth-order valence-electron chi connectivity index (χ4n) is 3.47. The summed E-state index contributed by atoms with van der Waals surface area (Å²) in [4.78, 5) is 50.6. The molecule has 0 saturated heterocycles. The molecule has 12 heteroatoms. The molecule has 0 fully saturated rings. The number of ether oxygens (including phenoxy) is 3. The van der Waals surface area contributed by atoms with Gasteiger partial charge in [-0.25, -0.2) is 23.7 Å². The number of carbonyl (C=O) groups excluding carboxylic acids is 4. The van der Waals surface area contributed by atoms with Crippen molar-refractivity contribution in [3.63, 3.8) is 0 Å². The lowest BCUT2D eigenvalue weighted by atomic mass is 10.0. The molecule has 1 aliphatic heterocycles. The van der Waals surface area contributed by atoms with Crippen LogP contribution in [-0.4, -0.2) is 37.1 Å². The van der Waals surface area contributed by atoms with E-state index in [0.717, 1.165) is 29.0 Å². The molecular formula is C25H18ClFN2O7S. The Morgan fingerprint density at radius 1 is 1.03 bits per heavy atom. The number of thiophene rings is 1. The monoisotopic (exact) mass is 544 g/mol. The highest BCUT2D eigenvalue weighted by Gasteiger charge is 2.40. The van der Waals surface area contributed by atoms with Crippen molar-refractivity contribution < 1.29 is 37.8 Å². The van der Waals surface area contributed by atoms with Gasteiger partial charge in [0.2, 0.25) is 0 Å². The number of esters is 2. The van der Waals surface area contributed by atoms with Crippen LogP contribution in [0.4, 0.5) is 14.9 Å². The molecule has 4 rings (SSSR count). The zero-order valence-electron chi connectivity index (χ0n) is 18.9. The van der Waals surface area contributed by atoms with Crippen molar-refractivity contribution in [1.29, 1.82) is 0 Å². The van der Waals surface area contributed by atoms with Gasteiger partial charge in [-0.05, 0) is 29.1 Å². The third kappa shape index (κ3) is 5.85. The minimum atomic E-state index is -1.13. The van der Waals surface area contributed by atoms with Crippen LogP contribution in [0.5, 0.6) is 0 Å². The maximum absolute atomic E-state index is 14.3. The van der Waals surface area contributed by atoms with Crippen LogP contribution in [0.25, 0.3) is 11.3 Å². The highest BCUT2D eigenvalue weighted by atomic mass is 35.5. The van der Waals surface area contributed by atoms with Gasteiger partial charge in [-0.2, -0.15) is 0 Å². The molecule has 0 atom stereocenters. The first-order valence-electron chi connectivity index (χ1n) is 10.7. The van der Waals surface area contributed by atoms with Crippen LogP contribution in [0, 0.1) is 5.82 Å². The van der Waals surface area contributed by atoms with Crippen LogP contribution in [0.3, 0.4) is 0 Å². The second-order valence-corrected chi connectivity index (χ2v) is 8.91. The number of anilines is 1. The minimum Gasteiger partial charge on any atom is -0.459 e. The number of fused-ring (bicyclic) bond motifs is 1. The zero-order chi connectivity index (χ0) is 26.5. The molecule has 3 amide bonds. The molecule has 37 heavy (non-hydrogen) atoms. The first-order valence-corrected chi connectivity index (χ1v) is 11.9. The highest BCUT2D eigenvalue weighted by molar-refractivity contribution is 7.11. The van der Waals surface area contributed by atoms with E-state index in [4.69, 9.17) is 31.5 Å². The molecule has 1 aliphatic rings. The number of hydrogen-bond donors (Lipinski definition) is 1. The largest absolute Gasteiger partial charge is 0.459 e. The number of carbonyl (C=O) groups is 4. The predicted molar refractivity (Wildman–Crippen MR) is 133 cm³/mol. The lowest BCUT2D eigenvalue weighted by molar-refractivity contribution is -0.153. The van der Waals surface area contributed by atoms with E-state index in [2.05, 4.69) is 0 Å². The van der Waals surface area contributed by atoms with E-state index >= 15 is 0 Å². The summed E-state index contributed by atoms with van der Waals surface area (Å²) in [5, 5.41) is 1.33. The van der Waals surface area contributed by atoms with Crippen LogP contribution < -0.4 is 10.6 Å². The van der Waals surface area contributed by atoms with Gasteiger partial charge in [0.25, 0.3) is 5.91 Å². The second-order valence-electron chi connectivity index (χ2n) is 7.56. The standard InChI is InChI=1S/C25H18ClFN2O7S/c26-16-10-18-15(9-17(16)27)22(24(32)29(18)25(28)33)23(19-7-4-8-37-19)36-21(31)13-34-12-20(30)35-11-14-5-2-1-3-6-14/h1-10H,11-13H2,(H2,28,33). The first kappa shape index (κ1) is 26.0. The molecule has 0 bridgehead atoms. The highest BCUT2D eigenvalue weighted by Crippen LogP contribution is 2.43. The lowest BCUT2D eigenvalue weighted by Crippen LogP contribution is -2.38. The van der Waals surface area contributed by atoms with Gasteiger partial charge >= 0.3 is 18.0 Å². The van der Waals surface area contributed by atoms with Crippen molar-refractivity contribution in [2.24, 2.45) is 5.73 Å². The molecule has 2 heterocycles. The summed E-state index contributed by atoms with van der Waals surface area (Å²) in [6, 6.07) is 13.1. The number of hydrogen-bond acceptors (Lipinski definition) is 8. The number of amides is 3. The predicted octanol–water partition coefficient (Wildman–Crippen LogP) is 4.14. The summed E-state index contributed by atoms with van der Waals surface area (Å²) in [6.45, 7) is -1.13. The normalized spacial score (nSPS) is 13.8. The van der Waals surface area contributed by atoms with Crippen LogP contribution in [-0.2, 0) is 35.2 Å². The Bertz CT molecular complexity index is 1390. The van der Waals surface area contributed by atoms with Crippen molar-refractivity contribution >= 4 is 63.8 Å². The van der Waals surface area contributed by atoms with E-state index < -0.39 is 42.9 Å². The average Bonchev–Trinajstić information content (AvgIpc) is 3.49. The summed E-state index contributed by atoms with van der Waals surface area (Å²) < 4.78 is 29.9. The Kier molecular flexibility index (Phi) is 7.97. The van der Waals surface area contributed by atoms with Gasteiger partial charge in [-0.15, -0.1) is 11.3 Å². The maximum atomic E-state index is 14.3. The summed E-state index contributed by atoms with van der Waals surface area (Å²) in [5.41, 5.74) is 5.80. The fraction of sp³-hybridized carbons (Fsp3) is 0.120. The Hall–Kier alpha value is -4.06. The number of imide groups is 1. The second kappa shape index (κ2) is 11.3. The van der Waals surface area contributed by atoms with Gasteiger partial charge in [-0.3, -0.25) is 4.79 Å². The van der Waals surface area contributed by atoms with Crippen molar-refractivity contribution in [2.45, 2.75) is 6.61 Å². The molecular weight excluding hydrogens is 527 g/mol. The van der Waals surface area contributed by atoms with Gasteiger partial charge in [0, 0.05) is 5.56 Å². The van der Waals surface area contributed by atoms with Crippen LogP contribution in [0.15, 0.2) is 60.0 Å². The van der Waals surface area contributed by atoms with Gasteiger partial charge in [0.15, 0.2) is 5.76 Å². The topological polar surface area (TPSA) is 125 Å². The molecule has 0 radical (unpaired) electrons. The van der Waals surface area contributed by atoms with E-state index in [1.54, 1.807) is 41.8 Å². The Labute approximate surface area is 218 Å². The first-order chi connectivity index (χ1) is 17.8. The number of nitrogens with zero attached hydrogens (tertiary/aromatic N) is 1. The zero-order valence-corrected chi connectivity index (χ0v) is 20.5. The summed E-state index contributed by atoms with van der Waals surface area (Å²) >= 11 is 6.97. The Morgan fingerprint density at radius 2 is 1.76 bits per heavy atom. The number of nitrogens with two attached hydrogens (primary N) is 1. The van der Waals surface area contributed by atoms with Crippen LogP contribution in [0.2, 0.25) is 5.02 Å². The maximum Gasteiger partial charge on any atom is 0.337 e. The lowest BCUT2D eigenvalue weighted by Gasteiger charge is -2.12. The molecule has 0 saturated carbocycles. The van der Waals surface area contributed by atoms with Crippen LogP contribution in [0.1, 0.15) is 16.0 Å². The molecule has 9 nitrogen and oxygen atoms in total. The average molecular weight is 545 g/mol. The molecule has 2 N–H and O–H groups in total. The molecule has 2 aromatic carbocycles.